The van der Waals surface area contributed by atoms with Crippen molar-refractivity contribution in [2.24, 2.45) is 5.92 Å². The number of fused-ring (bicyclic) bond motifs is 1. The molecule has 3 N–H and O–H groups in total. The maximum Gasteiger partial charge on any atom is 0.0904 e. The predicted octanol–water partition coefficient (Wildman–Crippen LogP) is 3.06. The van der Waals surface area contributed by atoms with Crippen molar-refractivity contribution in [3.63, 3.8) is 0 Å². The van der Waals surface area contributed by atoms with Crippen LogP contribution in [0.3, 0.4) is 0 Å². The number of benzene rings is 1. The van der Waals surface area contributed by atoms with E-state index in [0.29, 0.717) is 25.8 Å². The smallest absolute Gasteiger partial charge is 0.0904 e. The van der Waals surface area contributed by atoms with E-state index in [0.717, 1.165) is 11.1 Å². The summed E-state index contributed by atoms with van der Waals surface area (Å²) in [7, 11) is 1.59. The highest BCUT2D eigenvalue weighted by molar-refractivity contribution is 5.25. The Kier molecular flexibility index (Phi) is 6.56. The summed E-state index contributed by atoms with van der Waals surface area (Å²) in [5.74, 6) is -0.393. The summed E-state index contributed by atoms with van der Waals surface area (Å²) in [6.07, 6.45) is 1.67. The lowest BCUT2D eigenvalue weighted by Gasteiger charge is -2.50. The zero-order valence-electron chi connectivity index (χ0n) is 18.4. The molecule has 1 heterocycles. The Balaban J connectivity index is 2.07. The number of ether oxygens (including phenoxy) is 1. The van der Waals surface area contributed by atoms with Crippen molar-refractivity contribution in [1.82, 2.24) is 4.90 Å². The number of β-amino-alcohol motifs (C(OH)–C–C–N with tert-alkyl or cyclic N) is 1. The molecule has 1 saturated carbocycles. The van der Waals surface area contributed by atoms with Crippen LogP contribution < -0.4 is 0 Å². The van der Waals surface area contributed by atoms with E-state index >= 15 is 0 Å². The first-order valence-corrected chi connectivity index (χ1v) is 10.7. The summed E-state index contributed by atoms with van der Waals surface area (Å²) >= 11 is 0. The first-order valence-electron chi connectivity index (χ1n) is 10.7. The second-order valence-corrected chi connectivity index (χ2v) is 9.36. The highest BCUT2D eigenvalue weighted by Crippen LogP contribution is 2.54. The average molecular weight is 404 g/mol. The molecule has 2 aliphatic rings. The van der Waals surface area contributed by atoms with Crippen LogP contribution in [0.1, 0.15) is 58.6 Å². The van der Waals surface area contributed by atoms with Crippen molar-refractivity contribution in [2.75, 3.05) is 13.7 Å². The molecule has 5 nitrogen and oxygen atoms in total. The lowest BCUT2D eigenvalue weighted by Crippen LogP contribution is -2.63. The van der Waals surface area contributed by atoms with Gasteiger partial charge in [0.15, 0.2) is 0 Å². The Morgan fingerprint density at radius 2 is 1.97 bits per heavy atom. The molecule has 1 aliphatic carbocycles. The van der Waals surface area contributed by atoms with Crippen molar-refractivity contribution in [1.29, 1.82) is 0 Å². The molecule has 1 aromatic carbocycles. The summed E-state index contributed by atoms with van der Waals surface area (Å²) < 4.78 is 5.72. The lowest BCUT2D eigenvalue weighted by molar-refractivity contribution is -0.170. The number of hydrogen-bond acceptors (Lipinski definition) is 5. The van der Waals surface area contributed by atoms with Gasteiger partial charge in [-0.05, 0) is 52.5 Å². The number of aliphatic hydroxyl groups excluding tert-OH is 2. The van der Waals surface area contributed by atoms with Gasteiger partial charge in [0.2, 0.25) is 0 Å². The fraction of sp³-hybridized carbons (Fsp3) is 0.667. The second-order valence-electron chi connectivity index (χ2n) is 9.36. The van der Waals surface area contributed by atoms with E-state index in [1.165, 1.54) is 0 Å². The van der Waals surface area contributed by atoms with Crippen molar-refractivity contribution < 1.29 is 20.1 Å². The van der Waals surface area contributed by atoms with E-state index in [-0.39, 0.29) is 6.04 Å². The Morgan fingerprint density at radius 1 is 1.31 bits per heavy atom. The molecule has 1 aliphatic heterocycles. The Labute approximate surface area is 175 Å². The van der Waals surface area contributed by atoms with Crippen LogP contribution in [-0.4, -0.2) is 63.3 Å². The summed E-state index contributed by atoms with van der Waals surface area (Å²) in [6, 6.07) is 10.2. The third-order valence-corrected chi connectivity index (χ3v) is 7.30. The molecule has 29 heavy (non-hydrogen) atoms. The molecule has 0 unspecified atom stereocenters. The van der Waals surface area contributed by atoms with E-state index in [1.807, 2.05) is 45.0 Å². The summed E-state index contributed by atoms with van der Waals surface area (Å²) in [4.78, 5) is 2.24. The number of methoxy groups -OCH3 is 1. The maximum atomic E-state index is 11.7. The molecular formula is C24H37NO4. The third kappa shape index (κ3) is 3.91. The third-order valence-electron chi connectivity index (χ3n) is 7.30. The summed E-state index contributed by atoms with van der Waals surface area (Å²) in [6.45, 7) is 8.64. The van der Waals surface area contributed by atoms with E-state index < -0.39 is 35.4 Å². The van der Waals surface area contributed by atoms with E-state index in [9.17, 15) is 15.3 Å². The topological polar surface area (TPSA) is 73.2 Å². The minimum absolute atomic E-state index is 0.00632. The van der Waals surface area contributed by atoms with Gasteiger partial charge in [0.25, 0.3) is 0 Å². The molecule has 0 bridgehead atoms. The van der Waals surface area contributed by atoms with Crippen LogP contribution in [-0.2, 0) is 4.74 Å². The molecular weight excluding hydrogens is 366 g/mol. The Morgan fingerprint density at radius 3 is 2.55 bits per heavy atom. The van der Waals surface area contributed by atoms with Gasteiger partial charge in [-0.25, -0.2) is 0 Å². The second kappa shape index (κ2) is 8.48. The molecule has 1 saturated heterocycles. The van der Waals surface area contributed by atoms with E-state index in [2.05, 4.69) is 24.0 Å². The quantitative estimate of drug-likeness (QED) is 0.637. The van der Waals surface area contributed by atoms with Gasteiger partial charge in [-0.1, -0.05) is 42.0 Å². The fourth-order valence-corrected chi connectivity index (χ4v) is 5.69. The molecule has 0 aromatic heterocycles. The summed E-state index contributed by atoms with van der Waals surface area (Å²) in [5, 5.41) is 33.8. The van der Waals surface area contributed by atoms with Crippen LogP contribution in [0.2, 0.25) is 0 Å². The number of hydrogen-bond donors (Lipinski definition) is 3. The van der Waals surface area contributed by atoms with Gasteiger partial charge >= 0.3 is 0 Å². The predicted molar refractivity (Wildman–Crippen MR) is 115 cm³/mol. The monoisotopic (exact) mass is 403 g/mol. The van der Waals surface area contributed by atoms with Gasteiger partial charge in [-0.2, -0.15) is 0 Å². The van der Waals surface area contributed by atoms with Crippen LogP contribution in [0.5, 0.6) is 0 Å². The van der Waals surface area contributed by atoms with Crippen molar-refractivity contribution in [3.8, 4) is 0 Å². The number of allylic oxidation sites excluding steroid dienone is 1. The average Bonchev–Trinajstić information content (AvgIpc) is 2.95. The van der Waals surface area contributed by atoms with Gasteiger partial charge in [-0.3, -0.25) is 4.90 Å². The molecule has 0 radical (unpaired) electrons. The first-order chi connectivity index (χ1) is 13.6. The lowest BCUT2D eigenvalue weighted by atomic mass is 9.65. The highest BCUT2D eigenvalue weighted by Gasteiger charge is 2.66. The van der Waals surface area contributed by atoms with Crippen LogP contribution in [0.4, 0.5) is 0 Å². The Hall–Kier alpha value is -1.24. The number of rotatable bonds is 6. The van der Waals surface area contributed by atoms with Crippen LogP contribution in [0, 0.1) is 5.92 Å². The largest absolute Gasteiger partial charge is 0.391 e. The van der Waals surface area contributed by atoms with Crippen LogP contribution in [0.25, 0.3) is 0 Å². The molecule has 0 amide bonds. The fourth-order valence-electron chi connectivity index (χ4n) is 5.69. The molecule has 162 valence electrons. The maximum absolute atomic E-state index is 11.7. The van der Waals surface area contributed by atoms with E-state index in [1.54, 1.807) is 7.11 Å². The first kappa shape index (κ1) is 22.4. The number of nitrogens with zero attached hydrogens (tertiary/aromatic N) is 1. The van der Waals surface area contributed by atoms with Gasteiger partial charge < -0.3 is 20.1 Å². The van der Waals surface area contributed by atoms with Gasteiger partial charge in [0.05, 0.1) is 29.5 Å². The normalized spacial score (nSPS) is 37.0. The van der Waals surface area contributed by atoms with Crippen molar-refractivity contribution in [3.05, 3.63) is 47.5 Å². The molecule has 1 aromatic rings. The van der Waals surface area contributed by atoms with Gasteiger partial charge in [-0.15, -0.1) is 0 Å². The summed E-state index contributed by atoms with van der Waals surface area (Å²) in [5.41, 5.74) is 0.530. The molecule has 0 spiro atoms. The highest BCUT2D eigenvalue weighted by atomic mass is 16.5. The van der Waals surface area contributed by atoms with Crippen molar-refractivity contribution in [2.45, 2.75) is 82.5 Å². The minimum Gasteiger partial charge on any atom is -0.391 e. The van der Waals surface area contributed by atoms with Gasteiger partial charge in [0, 0.05) is 25.6 Å². The zero-order valence-corrected chi connectivity index (χ0v) is 18.4. The SMILES string of the molecule is CO[C@@H]1[C@H](O)CC[C@]2(O)CN([C@@H](C)c3ccccc3)[C@](C)([C@H](O)CC=C(C)C)[C@@H]12. The Bertz CT molecular complexity index is 719. The molecule has 5 heteroatoms. The minimum atomic E-state index is -1.01. The standard InChI is InChI=1S/C24H37NO4/c1-16(2)11-12-20(27)23(4)22-21(29-5)19(26)13-14-24(22,28)15-25(23)17(3)18-9-7-6-8-10-18/h6-11,17,19-22,26-28H,12-15H2,1-5H3/t17-,19+,20+,21+,22+,23+,24-/m0/s1. The molecule has 2 fully saturated rings. The number of likely N-dealkylation sites (tertiary alicyclic amines) is 1. The van der Waals surface area contributed by atoms with Gasteiger partial charge in [0.1, 0.15) is 0 Å². The van der Waals surface area contributed by atoms with Crippen LogP contribution in [0.15, 0.2) is 42.0 Å². The van der Waals surface area contributed by atoms with E-state index in [4.69, 9.17) is 4.74 Å². The molecule has 3 rings (SSSR count). The van der Waals surface area contributed by atoms with Crippen molar-refractivity contribution >= 4 is 0 Å². The van der Waals surface area contributed by atoms with Crippen LogP contribution >= 0.6 is 0 Å². The number of aliphatic hydroxyl groups is 3. The zero-order chi connectivity index (χ0) is 21.4. The molecule has 7 atom stereocenters.